The molecule has 0 spiro atoms. The van der Waals surface area contributed by atoms with Gasteiger partial charge in [0.1, 0.15) is 5.75 Å². The van der Waals surface area contributed by atoms with Crippen molar-refractivity contribution in [3.8, 4) is 5.75 Å². The fraction of sp³-hybridized carbons (Fsp3) is 0.441. The Balaban J connectivity index is 1.29. The van der Waals surface area contributed by atoms with Crippen LogP contribution >= 0.6 is 0 Å². The van der Waals surface area contributed by atoms with Crippen molar-refractivity contribution >= 4 is 5.91 Å². The van der Waals surface area contributed by atoms with Crippen LogP contribution in [0, 0.1) is 11.8 Å². The summed E-state index contributed by atoms with van der Waals surface area (Å²) in [6, 6.07) is 29.6. The van der Waals surface area contributed by atoms with Crippen LogP contribution in [0.25, 0.3) is 0 Å². The molecule has 0 bridgehead atoms. The van der Waals surface area contributed by atoms with Gasteiger partial charge in [0.05, 0.1) is 13.0 Å². The van der Waals surface area contributed by atoms with Crippen molar-refractivity contribution in [1.29, 1.82) is 0 Å². The maximum atomic E-state index is 13.8. The van der Waals surface area contributed by atoms with Crippen molar-refractivity contribution in [2.24, 2.45) is 11.8 Å². The first kappa shape index (κ1) is 26.5. The second-order valence-corrected chi connectivity index (χ2v) is 11.2. The highest BCUT2D eigenvalue weighted by atomic mass is 16.5. The summed E-state index contributed by atoms with van der Waals surface area (Å²) in [5, 5.41) is 0. The molecule has 3 aromatic carbocycles. The van der Waals surface area contributed by atoms with Crippen LogP contribution in [0.1, 0.15) is 54.7 Å². The zero-order valence-electron chi connectivity index (χ0n) is 23.0. The fourth-order valence-electron chi connectivity index (χ4n) is 6.67. The van der Waals surface area contributed by atoms with Gasteiger partial charge in [0.25, 0.3) is 0 Å². The van der Waals surface area contributed by atoms with Gasteiger partial charge < -0.3 is 14.5 Å². The molecule has 0 radical (unpaired) electrons. The molecule has 2 aliphatic rings. The van der Waals surface area contributed by atoms with Crippen molar-refractivity contribution in [1.82, 2.24) is 9.80 Å². The van der Waals surface area contributed by atoms with Crippen molar-refractivity contribution < 1.29 is 9.53 Å². The van der Waals surface area contributed by atoms with Gasteiger partial charge in [-0.1, -0.05) is 85.8 Å². The van der Waals surface area contributed by atoms with Crippen LogP contribution in [-0.4, -0.2) is 55.5 Å². The lowest BCUT2D eigenvalue weighted by Gasteiger charge is -2.35. The molecule has 200 valence electrons. The topological polar surface area (TPSA) is 32.8 Å². The third-order valence-electron chi connectivity index (χ3n) is 8.77. The van der Waals surface area contributed by atoms with E-state index in [0.29, 0.717) is 5.92 Å². The second kappa shape index (κ2) is 12.6. The van der Waals surface area contributed by atoms with Crippen LogP contribution in [0.5, 0.6) is 5.75 Å². The van der Waals surface area contributed by atoms with E-state index in [1.807, 2.05) is 24.3 Å². The van der Waals surface area contributed by atoms with E-state index in [0.717, 1.165) is 56.4 Å². The Kier molecular flexibility index (Phi) is 8.80. The number of hydrogen-bond acceptors (Lipinski definition) is 3. The maximum absolute atomic E-state index is 13.8. The number of carbonyl (C=O) groups excluding carboxylic acids is 1. The molecular weight excluding hydrogens is 468 g/mol. The maximum Gasteiger partial charge on any atom is 0.230 e. The largest absolute Gasteiger partial charge is 0.496 e. The van der Waals surface area contributed by atoms with Crippen LogP contribution in [0.2, 0.25) is 0 Å². The zero-order valence-corrected chi connectivity index (χ0v) is 23.0. The van der Waals surface area contributed by atoms with Gasteiger partial charge in [0.15, 0.2) is 0 Å². The number of nitrogens with zero attached hydrogens (tertiary/aromatic N) is 2. The first-order chi connectivity index (χ1) is 18.7. The van der Waals surface area contributed by atoms with Gasteiger partial charge in [0.2, 0.25) is 5.91 Å². The molecule has 0 aromatic heterocycles. The van der Waals surface area contributed by atoms with Gasteiger partial charge in [-0.15, -0.1) is 0 Å². The van der Waals surface area contributed by atoms with Gasteiger partial charge in [-0.05, 0) is 73.4 Å². The Labute approximate surface area is 228 Å². The normalized spacial score (nSPS) is 21.4. The van der Waals surface area contributed by atoms with E-state index in [1.54, 1.807) is 7.11 Å². The molecule has 4 nitrogen and oxygen atoms in total. The van der Waals surface area contributed by atoms with Crippen molar-refractivity contribution in [2.75, 3.05) is 39.8 Å². The Morgan fingerprint density at radius 3 is 2.24 bits per heavy atom. The Morgan fingerprint density at radius 2 is 1.55 bits per heavy atom. The Morgan fingerprint density at radius 1 is 0.895 bits per heavy atom. The van der Waals surface area contributed by atoms with Crippen LogP contribution < -0.4 is 4.74 Å². The number of rotatable bonds is 9. The summed E-state index contributed by atoms with van der Waals surface area (Å²) < 4.78 is 5.78. The quantitative estimate of drug-likeness (QED) is 0.335. The molecule has 2 fully saturated rings. The molecular formula is C34H42N2O2. The van der Waals surface area contributed by atoms with Crippen LogP contribution in [0.15, 0.2) is 84.9 Å². The SMILES string of the molecule is CC[C@H](C(=O)N1C[C@H](CN2CCC(Cc3ccccc3)CC2)[C@@H](c2ccccc2OC)C1)c1ccccc1. The number of amides is 1. The standard InChI is InChI=1S/C34H42N2O2/c1-3-30(28-14-8-5-9-15-28)34(37)36-24-29(32(25-36)31-16-10-11-17-33(31)38-2)23-35-20-18-27(19-21-35)22-26-12-6-4-7-13-26/h4-17,27,29-30,32H,3,18-25H2,1-2H3/t29-,30-,32-/m0/s1. The molecule has 0 saturated carbocycles. The summed E-state index contributed by atoms with van der Waals surface area (Å²) in [7, 11) is 1.76. The molecule has 3 aromatic rings. The monoisotopic (exact) mass is 510 g/mol. The second-order valence-electron chi connectivity index (χ2n) is 11.2. The molecule has 2 heterocycles. The average Bonchev–Trinajstić information content (AvgIpc) is 3.39. The lowest BCUT2D eigenvalue weighted by atomic mass is 9.86. The summed E-state index contributed by atoms with van der Waals surface area (Å²) >= 11 is 0. The molecule has 2 aliphatic heterocycles. The third kappa shape index (κ3) is 6.13. The van der Waals surface area contributed by atoms with E-state index in [4.69, 9.17) is 4.74 Å². The van der Waals surface area contributed by atoms with E-state index in [-0.39, 0.29) is 17.7 Å². The summed E-state index contributed by atoms with van der Waals surface area (Å²) in [5.41, 5.74) is 3.82. The van der Waals surface area contributed by atoms with Gasteiger partial charge in [-0.2, -0.15) is 0 Å². The predicted octanol–water partition coefficient (Wildman–Crippen LogP) is 6.39. The van der Waals surface area contributed by atoms with E-state index in [9.17, 15) is 4.79 Å². The lowest BCUT2D eigenvalue weighted by Crippen LogP contribution is -2.39. The predicted molar refractivity (Wildman–Crippen MR) is 155 cm³/mol. The third-order valence-corrected chi connectivity index (χ3v) is 8.77. The van der Waals surface area contributed by atoms with Crippen LogP contribution in [-0.2, 0) is 11.2 Å². The zero-order chi connectivity index (χ0) is 26.3. The number of hydrogen-bond donors (Lipinski definition) is 0. The summed E-state index contributed by atoms with van der Waals surface area (Å²) in [6.07, 6.45) is 4.49. The summed E-state index contributed by atoms with van der Waals surface area (Å²) in [4.78, 5) is 18.6. The number of ether oxygens (including phenoxy) is 1. The molecule has 1 amide bonds. The van der Waals surface area contributed by atoms with Gasteiger partial charge in [-0.3, -0.25) is 4.79 Å². The minimum absolute atomic E-state index is 0.0815. The number of para-hydroxylation sites is 1. The number of methoxy groups -OCH3 is 1. The highest BCUT2D eigenvalue weighted by Crippen LogP contribution is 2.40. The molecule has 0 aliphatic carbocycles. The summed E-state index contributed by atoms with van der Waals surface area (Å²) in [6.45, 7) is 7.02. The molecule has 0 N–H and O–H groups in total. The van der Waals surface area contributed by atoms with E-state index in [1.165, 1.54) is 30.4 Å². The molecule has 38 heavy (non-hydrogen) atoms. The first-order valence-electron chi connectivity index (χ1n) is 14.4. The van der Waals surface area contributed by atoms with Gasteiger partial charge >= 0.3 is 0 Å². The fourth-order valence-corrected chi connectivity index (χ4v) is 6.67. The first-order valence-corrected chi connectivity index (χ1v) is 14.4. The lowest BCUT2D eigenvalue weighted by molar-refractivity contribution is -0.132. The minimum atomic E-state index is -0.0815. The molecule has 5 rings (SSSR count). The van der Waals surface area contributed by atoms with Crippen LogP contribution in [0.4, 0.5) is 0 Å². The summed E-state index contributed by atoms with van der Waals surface area (Å²) in [5.74, 6) is 2.56. The molecule has 0 unspecified atom stereocenters. The van der Waals surface area contributed by atoms with Crippen molar-refractivity contribution in [3.05, 3.63) is 102 Å². The van der Waals surface area contributed by atoms with E-state index >= 15 is 0 Å². The van der Waals surface area contributed by atoms with Crippen molar-refractivity contribution in [2.45, 2.75) is 44.4 Å². The number of carbonyl (C=O) groups is 1. The van der Waals surface area contributed by atoms with E-state index < -0.39 is 0 Å². The van der Waals surface area contributed by atoms with Crippen molar-refractivity contribution in [3.63, 3.8) is 0 Å². The van der Waals surface area contributed by atoms with Crippen LogP contribution in [0.3, 0.4) is 0 Å². The average molecular weight is 511 g/mol. The highest BCUT2D eigenvalue weighted by Gasteiger charge is 2.40. The minimum Gasteiger partial charge on any atom is -0.496 e. The highest BCUT2D eigenvalue weighted by molar-refractivity contribution is 5.84. The molecule has 4 heteroatoms. The van der Waals surface area contributed by atoms with Gasteiger partial charge in [0, 0.05) is 25.6 Å². The van der Waals surface area contributed by atoms with Gasteiger partial charge in [-0.25, -0.2) is 0 Å². The Hall–Kier alpha value is -3.11. The smallest absolute Gasteiger partial charge is 0.230 e. The molecule has 2 saturated heterocycles. The number of piperidine rings is 1. The Bertz CT molecular complexity index is 1160. The van der Waals surface area contributed by atoms with E-state index in [2.05, 4.69) is 77.4 Å². The number of benzene rings is 3. The molecule has 3 atom stereocenters. The number of likely N-dealkylation sites (tertiary alicyclic amines) is 2.